The molecule has 2 aromatic rings. The third-order valence-corrected chi connectivity index (χ3v) is 3.38. The number of benzene rings is 2. The molecule has 2 rings (SSSR count). The van der Waals surface area contributed by atoms with Gasteiger partial charge in [0, 0.05) is 10.7 Å². The second-order valence-corrected chi connectivity index (χ2v) is 5.34. The second-order valence-electron chi connectivity index (χ2n) is 4.50. The fraction of sp³-hybridized carbons (Fsp3) is 0.188. The molecule has 0 saturated carbocycles. The number of para-hydroxylation sites is 1. The summed E-state index contributed by atoms with van der Waals surface area (Å²) in [4.78, 5) is 11.7. The molecule has 2 aromatic carbocycles. The second kappa shape index (κ2) is 7.92. The molecule has 1 amide bonds. The first kappa shape index (κ1) is 16.5. The van der Waals surface area contributed by atoms with E-state index < -0.39 is 6.09 Å². The summed E-state index contributed by atoms with van der Waals surface area (Å²) < 4.78 is 10.5. The Kier molecular flexibility index (Phi) is 5.92. The lowest BCUT2D eigenvalue weighted by Gasteiger charge is -2.10. The van der Waals surface area contributed by atoms with Crippen LogP contribution >= 0.6 is 23.2 Å². The van der Waals surface area contributed by atoms with Crippen LogP contribution in [0.1, 0.15) is 5.56 Å². The Morgan fingerprint density at radius 3 is 2.64 bits per heavy atom. The van der Waals surface area contributed by atoms with Crippen molar-refractivity contribution in [1.82, 2.24) is 0 Å². The third kappa shape index (κ3) is 4.83. The quantitative estimate of drug-likeness (QED) is 0.785. The highest BCUT2D eigenvalue weighted by Crippen LogP contribution is 2.27. The highest BCUT2D eigenvalue weighted by Gasteiger charge is 2.06. The van der Waals surface area contributed by atoms with Gasteiger partial charge in [-0.3, -0.25) is 5.32 Å². The van der Waals surface area contributed by atoms with Crippen molar-refractivity contribution in [1.29, 1.82) is 0 Å². The van der Waals surface area contributed by atoms with E-state index in [1.807, 2.05) is 25.1 Å². The lowest BCUT2D eigenvalue weighted by molar-refractivity contribution is 0.138. The molecule has 116 valence electrons. The standard InChI is InChI=1S/C16H15Cl2NO3/c1-11-4-2-3-5-14(11)19-16(20)22-9-8-21-15-7-6-12(17)10-13(15)18/h2-7,10H,8-9H2,1H3,(H,19,20). The number of carbonyl (C=O) groups is 1. The van der Waals surface area contributed by atoms with Crippen LogP contribution in [0.3, 0.4) is 0 Å². The molecule has 4 nitrogen and oxygen atoms in total. The zero-order chi connectivity index (χ0) is 15.9. The van der Waals surface area contributed by atoms with Crippen LogP contribution in [0.4, 0.5) is 10.5 Å². The van der Waals surface area contributed by atoms with Gasteiger partial charge in [-0.15, -0.1) is 0 Å². The van der Waals surface area contributed by atoms with Crippen LogP contribution in [-0.4, -0.2) is 19.3 Å². The molecule has 0 radical (unpaired) electrons. The number of hydrogen-bond donors (Lipinski definition) is 1. The number of amides is 1. The summed E-state index contributed by atoms with van der Waals surface area (Å²) in [6.45, 7) is 2.21. The molecule has 0 aliphatic rings. The number of anilines is 1. The molecule has 0 aromatic heterocycles. The topological polar surface area (TPSA) is 47.6 Å². The van der Waals surface area contributed by atoms with Gasteiger partial charge in [0.05, 0.1) is 5.02 Å². The van der Waals surface area contributed by atoms with Gasteiger partial charge >= 0.3 is 6.09 Å². The van der Waals surface area contributed by atoms with E-state index in [2.05, 4.69) is 5.32 Å². The summed E-state index contributed by atoms with van der Waals surface area (Å²) in [7, 11) is 0. The molecule has 0 saturated heterocycles. The van der Waals surface area contributed by atoms with E-state index >= 15 is 0 Å². The average Bonchev–Trinajstić information content (AvgIpc) is 2.48. The van der Waals surface area contributed by atoms with Crippen molar-refractivity contribution in [3.05, 3.63) is 58.1 Å². The van der Waals surface area contributed by atoms with Gasteiger partial charge in [-0.05, 0) is 36.8 Å². The van der Waals surface area contributed by atoms with Crippen LogP contribution < -0.4 is 10.1 Å². The molecule has 0 atom stereocenters. The monoisotopic (exact) mass is 339 g/mol. The zero-order valence-electron chi connectivity index (χ0n) is 11.9. The van der Waals surface area contributed by atoms with Crippen LogP contribution in [0, 0.1) is 6.92 Å². The Labute approximate surface area is 138 Å². The van der Waals surface area contributed by atoms with Gasteiger partial charge in [0.15, 0.2) is 0 Å². The molecule has 1 N–H and O–H groups in total. The first-order valence-corrected chi connectivity index (χ1v) is 7.39. The van der Waals surface area contributed by atoms with E-state index in [0.29, 0.717) is 21.5 Å². The predicted octanol–water partition coefficient (Wildman–Crippen LogP) is 4.93. The molecule has 0 aliphatic heterocycles. The third-order valence-electron chi connectivity index (χ3n) is 2.85. The lowest BCUT2D eigenvalue weighted by Crippen LogP contribution is -2.18. The zero-order valence-corrected chi connectivity index (χ0v) is 13.4. The van der Waals surface area contributed by atoms with Crippen molar-refractivity contribution in [2.45, 2.75) is 6.92 Å². The highest BCUT2D eigenvalue weighted by molar-refractivity contribution is 6.35. The van der Waals surface area contributed by atoms with E-state index in [1.165, 1.54) is 0 Å². The van der Waals surface area contributed by atoms with Gasteiger partial charge in [-0.25, -0.2) is 4.79 Å². The van der Waals surface area contributed by atoms with Crippen molar-refractivity contribution in [2.24, 2.45) is 0 Å². The number of hydrogen-bond acceptors (Lipinski definition) is 3. The predicted molar refractivity (Wildman–Crippen MR) is 88.1 cm³/mol. The lowest BCUT2D eigenvalue weighted by atomic mass is 10.2. The molecule has 0 heterocycles. The molecule has 0 aliphatic carbocycles. The fourth-order valence-corrected chi connectivity index (χ4v) is 2.20. The minimum absolute atomic E-state index is 0.108. The van der Waals surface area contributed by atoms with Crippen LogP contribution in [0.15, 0.2) is 42.5 Å². The first-order chi connectivity index (χ1) is 10.6. The van der Waals surface area contributed by atoms with Crippen molar-refractivity contribution in [3.8, 4) is 5.75 Å². The summed E-state index contributed by atoms with van der Waals surface area (Å²) in [6, 6.07) is 12.4. The molecular formula is C16H15Cl2NO3. The van der Waals surface area contributed by atoms with Crippen molar-refractivity contribution >= 4 is 35.0 Å². The Hall–Kier alpha value is -1.91. The van der Waals surface area contributed by atoms with Crippen LogP contribution in [0.5, 0.6) is 5.75 Å². The minimum atomic E-state index is -0.528. The first-order valence-electron chi connectivity index (χ1n) is 6.63. The van der Waals surface area contributed by atoms with Crippen molar-refractivity contribution in [3.63, 3.8) is 0 Å². The number of rotatable bonds is 5. The molecule has 0 unspecified atom stereocenters. The Bertz CT molecular complexity index is 662. The van der Waals surface area contributed by atoms with E-state index in [0.717, 1.165) is 5.56 Å². The summed E-state index contributed by atoms with van der Waals surface area (Å²) >= 11 is 11.8. The Balaban J connectivity index is 1.74. The van der Waals surface area contributed by atoms with Crippen LogP contribution in [0.2, 0.25) is 10.0 Å². The van der Waals surface area contributed by atoms with Gasteiger partial charge in [0.1, 0.15) is 19.0 Å². The van der Waals surface area contributed by atoms with E-state index in [1.54, 1.807) is 24.3 Å². The number of nitrogens with one attached hydrogen (secondary N) is 1. The van der Waals surface area contributed by atoms with Gasteiger partial charge in [0.25, 0.3) is 0 Å². The highest BCUT2D eigenvalue weighted by atomic mass is 35.5. The van der Waals surface area contributed by atoms with E-state index in [-0.39, 0.29) is 13.2 Å². The minimum Gasteiger partial charge on any atom is -0.488 e. The maximum Gasteiger partial charge on any atom is 0.411 e. The van der Waals surface area contributed by atoms with Crippen molar-refractivity contribution < 1.29 is 14.3 Å². The van der Waals surface area contributed by atoms with Gasteiger partial charge in [-0.2, -0.15) is 0 Å². The molecule has 22 heavy (non-hydrogen) atoms. The van der Waals surface area contributed by atoms with Gasteiger partial charge in [-0.1, -0.05) is 41.4 Å². The molecule has 0 fully saturated rings. The molecule has 0 spiro atoms. The number of carbonyl (C=O) groups excluding carboxylic acids is 1. The Morgan fingerprint density at radius 2 is 1.91 bits per heavy atom. The van der Waals surface area contributed by atoms with Gasteiger partial charge < -0.3 is 9.47 Å². The Morgan fingerprint density at radius 1 is 1.14 bits per heavy atom. The van der Waals surface area contributed by atoms with Crippen LogP contribution in [-0.2, 0) is 4.74 Å². The maximum atomic E-state index is 11.7. The smallest absolute Gasteiger partial charge is 0.411 e. The summed E-state index contributed by atoms with van der Waals surface area (Å²) in [5.41, 5.74) is 1.68. The summed E-state index contributed by atoms with van der Waals surface area (Å²) in [6.07, 6.45) is -0.528. The van der Waals surface area contributed by atoms with Crippen LogP contribution in [0.25, 0.3) is 0 Å². The molecular weight excluding hydrogens is 325 g/mol. The normalized spacial score (nSPS) is 10.1. The average molecular weight is 340 g/mol. The molecule has 6 heteroatoms. The molecule has 0 bridgehead atoms. The number of halogens is 2. The maximum absolute atomic E-state index is 11.7. The summed E-state index contributed by atoms with van der Waals surface area (Å²) in [5.74, 6) is 0.494. The largest absolute Gasteiger partial charge is 0.488 e. The SMILES string of the molecule is Cc1ccccc1NC(=O)OCCOc1ccc(Cl)cc1Cl. The van der Waals surface area contributed by atoms with Gasteiger partial charge in [0.2, 0.25) is 0 Å². The van der Waals surface area contributed by atoms with E-state index in [4.69, 9.17) is 32.7 Å². The van der Waals surface area contributed by atoms with E-state index in [9.17, 15) is 4.79 Å². The van der Waals surface area contributed by atoms with Crippen molar-refractivity contribution in [2.75, 3.05) is 18.5 Å². The number of aryl methyl sites for hydroxylation is 1. The summed E-state index contributed by atoms with van der Waals surface area (Å²) in [5, 5.41) is 3.61. The fourth-order valence-electron chi connectivity index (χ4n) is 1.74. The number of ether oxygens (including phenoxy) is 2.